The van der Waals surface area contributed by atoms with Gasteiger partial charge in [0.2, 0.25) is 0 Å². The molecular weight excluding hydrogens is 136 g/mol. The normalized spacial score (nSPS) is 19.3. The second kappa shape index (κ2) is 4.35. The lowest BCUT2D eigenvalue weighted by molar-refractivity contribution is 0.572. The summed E-state index contributed by atoms with van der Waals surface area (Å²) in [5, 5.41) is 11.6. The molecule has 1 N–H and O–H groups in total. The van der Waals surface area contributed by atoms with Crippen LogP contribution in [0.4, 0.5) is 0 Å². The van der Waals surface area contributed by atoms with Crippen LogP contribution in [-0.4, -0.2) is 12.6 Å². The number of nitriles is 1. The Bertz CT molecular complexity index is 144. The molecule has 0 aromatic carbocycles. The Hall–Kier alpha value is -0.550. The molecule has 0 aromatic rings. The lowest BCUT2D eigenvalue weighted by atomic mass is 10.2. The van der Waals surface area contributed by atoms with E-state index < -0.39 is 0 Å². The first-order valence-electron chi connectivity index (χ1n) is 4.46. The van der Waals surface area contributed by atoms with Crippen LogP contribution in [0.25, 0.3) is 0 Å². The van der Waals surface area contributed by atoms with Crippen molar-refractivity contribution in [2.75, 3.05) is 6.54 Å². The van der Waals surface area contributed by atoms with Crippen LogP contribution in [-0.2, 0) is 0 Å². The average molecular weight is 152 g/mol. The molecule has 2 nitrogen and oxygen atoms in total. The molecule has 1 aliphatic rings. The zero-order chi connectivity index (χ0) is 8.10. The third-order valence-electron chi connectivity index (χ3n) is 2.13. The van der Waals surface area contributed by atoms with E-state index >= 15 is 0 Å². The first-order valence-corrected chi connectivity index (χ1v) is 4.46. The summed E-state index contributed by atoms with van der Waals surface area (Å²) < 4.78 is 0. The van der Waals surface area contributed by atoms with Crippen molar-refractivity contribution in [3.63, 3.8) is 0 Å². The monoisotopic (exact) mass is 152 g/mol. The largest absolute Gasteiger partial charge is 0.302 e. The second-order valence-electron chi connectivity index (χ2n) is 3.39. The van der Waals surface area contributed by atoms with Crippen molar-refractivity contribution in [1.82, 2.24) is 5.32 Å². The van der Waals surface area contributed by atoms with Crippen LogP contribution in [0.2, 0.25) is 0 Å². The van der Waals surface area contributed by atoms with Crippen molar-refractivity contribution in [2.45, 2.75) is 38.6 Å². The molecule has 1 saturated carbocycles. The van der Waals surface area contributed by atoms with Crippen LogP contribution in [0.5, 0.6) is 0 Å². The molecule has 1 atom stereocenters. The molecule has 0 spiro atoms. The van der Waals surface area contributed by atoms with Gasteiger partial charge in [-0.25, -0.2) is 0 Å². The molecule has 0 aromatic heterocycles. The molecule has 0 radical (unpaired) electrons. The maximum absolute atomic E-state index is 8.44. The Morgan fingerprint density at radius 2 is 2.36 bits per heavy atom. The minimum atomic E-state index is 0.0224. The molecule has 1 unspecified atom stereocenters. The van der Waals surface area contributed by atoms with Gasteiger partial charge in [0.05, 0.1) is 12.1 Å². The molecule has 0 amide bonds. The third kappa shape index (κ3) is 4.00. The van der Waals surface area contributed by atoms with E-state index in [-0.39, 0.29) is 6.04 Å². The first kappa shape index (κ1) is 8.55. The predicted molar refractivity (Wildman–Crippen MR) is 45.0 cm³/mol. The Kier molecular flexibility index (Phi) is 3.38. The first-order chi connectivity index (χ1) is 5.33. The SMILES string of the molecule is CC(C#N)NCCCC1CC1. The fourth-order valence-corrected chi connectivity index (χ4v) is 1.16. The molecule has 1 rings (SSSR count). The Morgan fingerprint density at radius 1 is 1.64 bits per heavy atom. The van der Waals surface area contributed by atoms with Gasteiger partial charge < -0.3 is 5.32 Å². The molecule has 0 heterocycles. The highest BCUT2D eigenvalue weighted by molar-refractivity contribution is 4.85. The van der Waals surface area contributed by atoms with E-state index in [4.69, 9.17) is 5.26 Å². The number of nitrogens with zero attached hydrogens (tertiary/aromatic N) is 1. The van der Waals surface area contributed by atoms with E-state index in [0.29, 0.717) is 0 Å². The minimum absolute atomic E-state index is 0.0224. The standard InChI is InChI=1S/C9H16N2/c1-8(7-10)11-6-2-3-9-4-5-9/h8-9,11H,2-6H2,1H3. The van der Waals surface area contributed by atoms with Gasteiger partial charge >= 0.3 is 0 Å². The Balaban J connectivity index is 1.83. The highest BCUT2D eigenvalue weighted by Crippen LogP contribution is 2.33. The van der Waals surface area contributed by atoms with Gasteiger partial charge in [-0.1, -0.05) is 12.8 Å². The van der Waals surface area contributed by atoms with Crippen LogP contribution < -0.4 is 5.32 Å². The van der Waals surface area contributed by atoms with Gasteiger partial charge in [-0.2, -0.15) is 5.26 Å². The van der Waals surface area contributed by atoms with E-state index in [1.807, 2.05) is 6.92 Å². The Morgan fingerprint density at radius 3 is 2.91 bits per heavy atom. The Labute approximate surface area is 68.6 Å². The number of hydrogen-bond acceptors (Lipinski definition) is 2. The van der Waals surface area contributed by atoms with Gasteiger partial charge in [-0.3, -0.25) is 0 Å². The van der Waals surface area contributed by atoms with Crippen molar-refractivity contribution >= 4 is 0 Å². The quantitative estimate of drug-likeness (QED) is 0.608. The zero-order valence-corrected chi connectivity index (χ0v) is 7.14. The van der Waals surface area contributed by atoms with Gasteiger partial charge in [0.1, 0.15) is 0 Å². The number of nitrogens with one attached hydrogen (secondary N) is 1. The topological polar surface area (TPSA) is 35.8 Å². The van der Waals surface area contributed by atoms with Crippen LogP contribution in [0.1, 0.15) is 32.6 Å². The fourth-order valence-electron chi connectivity index (χ4n) is 1.16. The van der Waals surface area contributed by atoms with Crippen molar-refractivity contribution in [1.29, 1.82) is 5.26 Å². The number of hydrogen-bond donors (Lipinski definition) is 1. The molecule has 0 saturated heterocycles. The third-order valence-corrected chi connectivity index (χ3v) is 2.13. The summed E-state index contributed by atoms with van der Waals surface area (Å²) in [6.45, 7) is 2.91. The second-order valence-corrected chi connectivity index (χ2v) is 3.39. The van der Waals surface area contributed by atoms with Gasteiger partial charge in [-0.15, -0.1) is 0 Å². The molecule has 0 bridgehead atoms. The maximum Gasteiger partial charge on any atom is 0.0924 e. The van der Waals surface area contributed by atoms with Crippen molar-refractivity contribution in [3.05, 3.63) is 0 Å². The molecule has 0 aliphatic heterocycles. The summed E-state index contributed by atoms with van der Waals surface area (Å²) in [5.74, 6) is 1.02. The maximum atomic E-state index is 8.44. The lowest BCUT2D eigenvalue weighted by Gasteiger charge is -2.04. The average Bonchev–Trinajstić information content (AvgIpc) is 2.81. The van der Waals surface area contributed by atoms with Gasteiger partial charge in [0.15, 0.2) is 0 Å². The molecule has 1 fully saturated rings. The van der Waals surface area contributed by atoms with Gasteiger partial charge in [-0.05, 0) is 32.2 Å². The molecule has 11 heavy (non-hydrogen) atoms. The van der Waals surface area contributed by atoms with E-state index in [1.165, 1.54) is 25.7 Å². The van der Waals surface area contributed by atoms with Gasteiger partial charge in [0, 0.05) is 0 Å². The highest BCUT2D eigenvalue weighted by Gasteiger charge is 2.19. The molecule has 62 valence electrons. The van der Waals surface area contributed by atoms with E-state index in [2.05, 4.69) is 11.4 Å². The summed E-state index contributed by atoms with van der Waals surface area (Å²) in [7, 11) is 0. The van der Waals surface area contributed by atoms with Gasteiger partial charge in [0.25, 0.3) is 0 Å². The highest BCUT2D eigenvalue weighted by atomic mass is 14.9. The molecule has 1 aliphatic carbocycles. The smallest absolute Gasteiger partial charge is 0.0924 e. The van der Waals surface area contributed by atoms with Crippen LogP contribution in [0.15, 0.2) is 0 Å². The molecule has 2 heteroatoms. The predicted octanol–water partition coefficient (Wildman–Crippen LogP) is 1.68. The van der Waals surface area contributed by atoms with Crippen LogP contribution >= 0.6 is 0 Å². The zero-order valence-electron chi connectivity index (χ0n) is 7.14. The summed E-state index contributed by atoms with van der Waals surface area (Å²) in [5.41, 5.74) is 0. The van der Waals surface area contributed by atoms with Crippen molar-refractivity contribution in [3.8, 4) is 6.07 Å². The lowest BCUT2D eigenvalue weighted by Crippen LogP contribution is -2.25. The minimum Gasteiger partial charge on any atom is -0.302 e. The summed E-state index contributed by atoms with van der Waals surface area (Å²) in [6, 6.07) is 2.18. The summed E-state index contributed by atoms with van der Waals surface area (Å²) in [6.07, 6.45) is 5.46. The van der Waals surface area contributed by atoms with E-state index in [0.717, 1.165) is 12.5 Å². The fraction of sp³-hybridized carbons (Fsp3) is 0.889. The summed E-state index contributed by atoms with van der Waals surface area (Å²) in [4.78, 5) is 0. The van der Waals surface area contributed by atoms with Crippen LogP contribution in [0, 0.1) is 17.2 Å². The van der Waals surface area contributed by atoms with E-state index in [9.17, 15) is 0 Å². The summed E-state index contributed by atoms with van der Waals surface area (Å²) >= 11 is 0. The van der Waals surface area contributed by atoms with Crippen molar-refractivity contribution < 1.29 is 0 Å². The van der Waals surface area contributed by atoms with E-state index in [1.54, 1.807) is 0 Å². The number of rotatable bonds is 5. The van der Waals surface area contributed by atoms with Crippen molar-refractivity contribution in [2.24, 2.45) is 5.92 Å². The molecular formula is C9H16N2. The van der Waals surface area contributed by atoms with Crippen LogP contribution in [0.3, 0.4) is 0 Å².